The van der Waals surface area contributed by atoms with Gasteiger partial charge < -0.3 is 14.4 Å². The van der Waals surface area contributed by atoms with Crippen molar-refractivity contribution >= 4 is 5.91 Å². The van der Waals surface area contributed by atoms with Gasteiger partial charge in [0.1, 0.15) is 6.10 Å². The molecule has 1 saturated heterocycles. The summed E-state index contributed by atoms with van der Waals surface area (Å²) in [5.74, 6) is -0.0602. The van der Waals surface area contributed by atoms with Gasteiger partial charge in [0.05, 0.1) is 24.8 Å². The Kier molecular flexibility index (Phi) is 4.97. The number of benzene rings is 1. The minimum Gasteiger partial charge on any atom is -0.480 e. The molecular formula is C17H16F3N3O3. The molecule has 0 aliphatic carbocycles. The zero-order valence-electron chi connectivity index (χ0n) is 13.9. The van der Waals surface area contributed by atoms with Crippen LogP contribution in [0.2, 0.25) is 0 Å². The molecule has 1 aromatic carbocycles. The van der Waals surface area contributed by atoms with Crippen LogP contribution in [-0.2, 0) is 6.18 Å². The maximum absolute atomic E-state index is 13.1. The second kappa shape index (κ2) is 7.19. The Morgan fingerprint density at radius 1 is 1.15 bits per heavy atom. The van der Waals surface area contributed by atoms with Crippen molar-refractivity contribution in [1.29, 1.82) is 0 Å². The maximum Gasteiger partial charge on any atom is 0.417 e. The number of aromatic nitrogens is 2. The molecule has 2 heterocycles. The highest BCUT2D eigenvalue weighted by Crippen LogP contribution is 2.33. The normalized spacial score (nSPS) is 17.2. The summed E-state index contributed by atoms with van der Waals surface area (Å²) in [6.07, 6.45) is -4.45. The van der Waals surface area contributed by atoms with E-state index in [1.807, 2.05) is 0 Å². The van der Waals surface area contributed by atoms with Crippen LogP contribution >= 0.6 is 0 Å². The van der Waals surface area contributed by atoms with Gasteiger partial charge in [-0.25, -0.2) is 0 Å². The van der Waals surface area contributed by atoms with Crippen LogP contribution in [0.3, 0.4) is 0 Å². The standard InChI is InChI=1S/C17H16F3N3O3/c1-25-14-6-7-15(22-21-14)26-11-8-9-23(10-11)16(24)12-4-2-3-5-13(12)17(18,19)20/h2-7,11H,8-10H2,1H3. The van der Waals surface area contributed by atoms with Crippen molar-refractivity contribution in [2.24, 2.45) is 0 Å². The number of likely N-dealkylation sites (tertiary alicyclic amines) is 1. The first kappa shape index (κ1) is 18.0. The van der Waals surface area contributed by atoms with Crippen molar-refractivity contribution in [2.45, 2.75) is 18.7 Å². The number of rotatable bonds is 4. The Hall–Kier alpha value is -2.84. The third kappa shape index (κ3) is 3.87. The first-order chi connectivity index (χ1) is 12.4. The van der Waals surface area contributed by atoms with Gasteiger partial charge in [-0.1, -0.05) is 12.1 Å². The number of methoxy groups -OCH3 is 1. The van der Waals surface area contributed by atoms with Crippen molar-refractivity contribution in [3.63, 3.8) is 0 Å². The number of amides is 1. The maximum atomic E-state index is 13.1. The molecular weight excluding hydrogens is 351 g/mol. The van der Waals surface area contributed by atoms with Gasteiger partial charge >= 0.3 is 6.18 Å². The monoisotopic (exact) mass is 367 g/mol. The molecule has 1 fully saturated rings. The van der Waals surface area contributed by atoms with Gasteiger partial charge in [-0.15, -0.1) is 10.2 Å². The molecule has 1 atom stereocenters. The van der Waals surface area contributed by atoms with Crippen LogP contribution in [0.5, 0.6) is 11.8 Å². The molecule has 2 aromatic rings. The summed E-state index contributed by atoms with van der Waals surface area (Å²) in [4.78, 5) is 13.9. The van der Waals surface area contributed by atoms with Crippen LogP contribution in [0.1, 0.15) is 22.3 Å². The summed E-state index contributed by atoms with van der Waals surface area (Å²) in [7, 11) is 1.46. The van der Waals surface area contributed by atoms with Crippen LogP contribution in [0.15, 0.2) is 36.4 Å². The van der Waals surface area contributed by atoms with E-state index in [-0.39, 0.29) is 24.1 Å². The lowest BCUT2D eigenvalue weighted by Crippen LogP contribution is -2.32. The molecule has 138 valence electrons. The fourth-order valence-corrected chi connectivity index (χ4v) is 2.75. The first-order valence-corrected chi connectivity index (χ1v) is 7.88. The molecule has 9 heteroatoms. The van der Waals surface area contributed by atoms with E-state index in [4.69, 9.17) is 9.47 Å². The van der Waals surface area contributed by atoms with Crippen LogP contribution in [0.25, 0.3) is 0 Å². The lowest BCUT2D eigenvalue weighted by atomic mass is 10.1. The number of hydrogen-bond acceptors (Lipinski definition) is 5. The summed E-state index contributed by atoms with van der Waals surface area (Å²) >= 11 is 0. The van der Waals surface area contributed by atoms with Crippen LogP contribution in [-0.4, -0.2) is 47.3 Å². The summed E-state index contributed by atoms with van der Waals surface area (Å²) in [6.45, 7) is 0.484. The van der Waals surface area contributed by atoms with Gasteiger partial charge in [0.25, 0.3) is 5.91 Å². The molecule has 0 bridgehead atoms. The van der Waals surface area contributed by atoms with E-state index >= 15 is 0 Å². The van der Waals surface area contributed by atoms with E-state index < -0.39 is 17.6 Å². The number of carbonyl (C=O) groups is 1. The van der Waals surface area contributed by atoms with Gasteiger partial charge in [0, 0.05) is 25.1 Å². The molecule has 0 radical (unpaired) electrons. The van der Waals surface area contributed by atoms with E-state index in [2.05, 4.69) is 10.2 Å². The van der Waals surface area contributed by atoms with Gasteiger partial charge in [0.2, 0.25) is 11.8 Å². The molecule has 26 heavy (non-hydrogen) atoms. The highest BCUT2D eigenvalue weighted by Gasteiger charge is 2.37. The summed E-state index contributed by atoms with van der Waals surface area (Å²) in [5.41, 5.74) is -1.29. The molecule has 3 rings (SSSR count). The van der Waals surface area contributed by atoms with Crippen LogP contribution in [0.4, 0.5) is 13.2 Å². The number of carbonyl (C=O) groups excluding carboxylic acids is 1. The molecule has 1 unspecified atom stereocenters. The van der Waals surface area contributed by atoms with E-state index in [1.54, 1.807) is 12.1 Å². The number of hydrogen-bond donors (Lipinski definition) is 0. The minimum absolute atomic E-state index is 0.179. The van der Waals surface area contributed by atoms with Crippen molar-refractivity contribution in [3.05, 3.63) is 47.5 Å². The Labute approximate surface area is 147 Å². The molecule has 1 amide bonds. The summed E-state index contributed by atoms with van der Waals surface area (Å²) < 4.78 is 49.8. The smallest absolute Gasteiger partial charge is 0.417 e. The fraction of sp³-hybridized carbons (Fsp3) is 0.353. The van der Waals surface area contributed by atoms with Crippen molar-refractivity contribution in [3.8, 4) is 11.8 Å². The van der Waals surface area contributed by atoms with Gasteiger partial charge in [-0.3, -0.25) is 4.79 Å². The molecule has 6 nitrogen and oxygen atoms in total. The zero-order chi connectivity index (χ0) is 18.7. The van der Waals surface area contributed by atoms with E-state index in [1.165, 1.54) is 30.2 Å². The molecule has 1 aliphatic heterocycles. The van der Waals surface area contributed by atoms with Crippen LogP contribution in [0, 0.1) is 0 Å². The summed E-state index contributed by atoms with van der Waals surface area (Å²) in [6, 6.07) is 7.94. The lowest BCUT2D eigenvalue weighted by molar-refractivity contribution is -0.138. The number of nitrogens with zero attached hydrogens (tertiary/aromatic N) is 3. The Bertz CT molecular complexity index is 781. The molecule has 0 spiro atoms. The van der Waals surface area contributed by atoms with E-state index in [0.29, 0.717) is 18.8 Å². The Morgan fingerprint density at radius 2 is 1.85 bits per heavy atom. The summed E-state index contributed by atoms with van der Waals surface area (Å²) in [5, 5.41) is 7.61. The predicted octanol–water partition coefficient (Wildman–Crippen LogP) is 2.80. The van der Waals surface area contributed by atoms with Crippen molar-refractivity contribution in [2.75, 3.05) is 20.2 Å². The number of halogens is 3. The number of alkyl halides is 3. The minimum atomic E-state index is -4.58. The second-order valence-electron chi connectivity index (χ2n) is 5.74. The Morgan fingerprint density at radius 3 is 2.50 bits per heavy atom. The largest absolute Gasteiger partial charge is 0.480 e. The average molecular weight is 367 g/mol. The molecule has 1 aliphatic rings. The number of ether oxygens (including phenoxy) is 2. The van der Waals surface area contributed by atoms with E-state index in [9.17, 15) is 18.0 Å². The van der Waals surface area contributed by atoms with Gasteiger partial charge in [-0.2, -0.15) is 13.2 Å². The SMILES string of the molecule is COc1ccc(OC2CCN(C(=O)c3ccccc3C(F)(F)F)C2)nn1. The van der Waals surface area contributed by atoms with Crippen molar-refractivity contribution < 1.29 is 27.4 Å². The quantitative estimate of drug-likeness (QED) is 0.832. The average Bonchev–Trinajstić information content (AvgIpc) is 3.09. The second-order valence-corrected chi connectivity index (χ2v) is 5.74. The topological polar surface area (TPSA) is 64.6 Å². The zero-order valence-corrected chi connectivity index (χ0v) is 13.9. The van der Waals surface area contributed by atoms with Gasteiger partial charge in [-0.05, 0) is 12.1 Å². The lowest BCUT2D eigenvalue weighted by Gasteiger charge is -2.19. The first-order valence-electron chi connectivity index (χ1n) is 7.88. The molecule has 1 aromatic heterocycles. The third-order valence-electron chi connectivity index (χ3n) is 4.01. The highest BCUT2D eigenvalue weighted by atomic mass is 19.4. The molecule has 0 N–H and O–H groups in total. The highest BCUT2D eigenvalue weighted by molar-refractivity contribution is 5.96. The Balaban J connectivity index is 1.68. The fourth-order valence-electron chi connectivity index (χ4n) is 2.75. The van der Waals surface area contributed by atoms with Gasteiger partial charge in [0.15, 0.2) is 0 Å². The predicted molar refractivity (Wildman–Crippen MR) is 85.0 cm³/mol. The third-order valence-corrected chi connectivity index (χ3v) is 4.01. The molecule has 0 saturated carbocycles. The van der Waals surface area contributed by atoms with Crippen LogP contribution < -0.4 is 9.47 Å². The van der Waals surface area contributed by atoms with Crippen molar-refractivity contribution in [1.82, 2.24) is 15.1 Å². The van der Waals surface area contributed by atoms with E-state index in [0.717, 1.165) is 6.07 Å².